The molecule has 142 valence electrons. The van der Waals surface area contributed by atoms with Crippen LogP contribution in [0.1, 0.15) is 29.8 Å². The van der Waals surface area contributed by atoms with Gasteiger partial charge in [-0.2, -0.15) is 0 Å². The molecule has 8 nitrogen and oxygen atoms in total. The molecule has 3 N–H and O–H groups in total. The molecule has 0 unspecified atom stereocenters. The molecule has 0 saturated carbocycles. The number of nitrogens with zero attached hydrogens (tertiary/aromatic N) is 4. The van der Waals surface area contributed by atoms with E-state index in [0.717, 1.165) is 0 Å². The Morgan fingerprint density at radius 1 is 1.11 bits per heavy atom. The number of benzene rings is 1. The zero-order valence-corrected chi connectivity index (χ0v) is 15.5. The summed E-state index contributed by atoms with van der Waals surface area (Å²) in [7, 11) is 0. The first-order chi connectivity index (χ1) is 13.0. The van der Waals surface area contributed by atoms with Gasteiger partial charge in [0.25, 0.3) is 0 Å². The van der Waals surface area contributed by atoms with Gasteiger partial charge in [0.15, 0.2) is 23.2 Å². The van der Waals surface area contributed by atoms with Crippen LogP contribution in [0.2, 0.25) is 0 Å². The van der Waals surface area contributed by atoms with Crippen LogP contribution < -0.4 is 5.32 Å². The van der Waals surface area contributed by atoms with Crippen molar-refractivity contribution in [3.8, 4) is 0 Å². The van der Waals surface area contributed by atoms with Gasteiger partial charge in [-0.1, -0.05) is 18.2 Å². The summed E-state index contributed by atoms with van der Waals surface area (Å²) in [4.78, 5) is 13.0. The standard InChI is InChI=1S/C19H23N5O3/c1-10-5-4-6-11(2)13(10)7-20-17-14-18(22-8-21-17)24(9-23-14)19-16(26)15(25)12(3)27-19/h4-6,8-9,12,15-16,19,25-26H,7H2,1-3H3,(H,20,21,22)/t12-,15-,16-,19-/m1/s1. The van der Waals surface area contributed by atoms with E-state index >= 15 is 0 Å². The van der Waals surface area contributed by atoms with E-state index in [1.54, 1.807) is 17.8 Å². The molecule has 4 rings (SSSR count). The van der Waals surface area contributed by atoms with Crippen molar-refractivity contribution in [2.45, 2.75) is 51.9 Å². The minimum Gasteiger partial charge on any atom is -0.388 e. The van der Waals surface area contributed by atoms with Crippen LogP contribution in [0, 0.1) is 13.8 Å². The lowest BCUT2D eigenvalue weighted by Gasteiger charge is -2.16. The molecule has 8 heteroatoms. The number of aliphatic hydroxyl groups is 2. The Morgan fingerprint density at radius 3 is 2.52 bits per heavy atom. The largest absolute Gasteiger partial charge is 0.388 e. The normalized spacial score (nSPS) is 25.2. The molecule has 1 fully saturated rings. The highest BCUT2D eigenvalue weighted by Gasteiger charge is 2.42. The second kappa shape index (κ2) is 6.88. The molecule has 0 amide bonds. The van der Waals surface area contributed by atoms with Gasteiger partial charge < -0.3 is 20.3 Å². The highest BCUT2D eigenvalue weighted by Crippen LogP contribution is 2.32. The number of ether oxygens (including phenoxy) is 1. The number of nitrogens with one attached hydrogen (secondary N) is 1. The smallest absolute Gasteiger partial charge is 0.167 e. The van der Waals surface area contributed by atoms with Crippen molar-refractivity contribution in [1.29, 1.82) is 0 Å². The number of hydrogen-bond donors (Lipinski definition) is 3. The Bertz CT molecular complexity index is 953. The van der Waals surface area contributed by atoms with Crippen LogP contribution in [-0.2, 0) is 11.3 Å². The van der Waals surface area contributed by atoms with Gasteiger partial charge in [-0.05, 0) is 37.5 Å². The molecule has 0 spiro atoms. The molecule has 1 aliphatic rings. The first-order valence-electron chi connectivity index (χ1n) is 8.95. The van der Waals surface area contributed by atoms with Gasteiger partial charge >= 0.3 is 0 Å². The number of aryl methyl sites for hydroxylation is 2. The van der Waals surface area contributed by atoms with Crippen molar-refractivity contribution < 1.29 is 14.9 Å². The zero-order valence-electron chi connectivity index (χ0n) is 15.5. The zero-order chi connectivity index (χ0) is 19.1. The van der Waals surface area contributed by atoms with E-state index in [0.29, 0.717) is 23.5 Å². The molecule has 3 aromatic rings. The van der Waals surface area contributed by atoms with Crippen LogP contribution in [0.5, 0.6) is 0 Å². The van der Waals surface area contributed by atoms with Crippen LogP contribution >= 0.6 is 0 Å². The monoisotopic (exact) mass is 369 g/mol. The van der Waals surface area contributed by atoms with Crippen LogP contribution in [0.4, 0.5) is 5.82 Å². The summed E-state index contributed by atoms with van der Waals surface area (Å²) in [6.45, 7) is 6.51. The number of anilines is 1. The van der Waals surface area contributed by atoms with Crippen molar-refractivity contribution in [2.24, 2.45) is 0 Å². The van der Waals surface area contributed by atoms with Crippen molar-refractivity contribution in [1.82, 2.24) is 19.5 Å². The minimum absolute atomic E-state index is 0.467. The molecule has 4 atom stereocenters. The summed E-state index contributed by atoms with van der Waals surface area (Å²) in [5.41, 5.74) is 4.77. The topological polar surface area (TPSA) is 105 Å². The van der Waals surface area contributed by atoms with Crippen molar-refractivity contribution in [3.63, 3.8) is 0 Å². The fourth-order valence-corrected chi connectivity index (χ4v) is 3.52. The van der Waals surface area contributed by atoms with Crippen LogP contribution in [0.3, 0.4) is 0 Å². The number of rotatable bonds is 4. The third-order valence-electron chi connectivity index (χ3n) is 5.19. The third-order valence-corrected chi connectivity index (χ3v) is 5.19. The second-order valence-electron chi connectivity index (χ2n) is 6.98. The number of hydrogen-bond acceptors (Lipinski definition) is 7. The lowest BCUT2D eigenvalue weighted by Crippen LogP contribution is -2.30. The first kappa shape index (κ1) is 17.8. The van der Waals surface area contributed by atoms with Crippen LogP contribution in [-0.4, -0.2) is 48.0 Å². The maximum Gasteiger partial charge on any atom is 0.167 e. The summed E-state index contributed by atoms with van der Waals surface area (Å²) in [6.07, 6.45) is -0.182. The molecule has 0 bridgehead atoms. The predicted molar refractivity (Wildman–Crippen MR) is 100 cm³/mol. The molecule has 2 aromatic heterocycles. The highest BCUT2D eigenvalue weighted by atomic mass is 16.6. The van der Waals surface area contributed by atoms with Crippen LogP contribution in [0.25, 0.3) is 11.2 Å². The Hall–Kier alpha value is -2.55. The van der Waals surface area contributed by atoms with Crippen molar-refractivity contribution in [2.75, 3.05) is 5.32 Å². The Labute approximate surface area is 156 Å². The highest BCUT2D eigenvalue weighted by molar-refractivity contribution is 5.82. The van der Waals surface area contributed by atoms with Gasteiger partial charge in [-0.25, -0.2) is 15.0 Å². The predicted octanol–water partition coefficient (Wildman–Crippen LogP) is 1.69. The summed E-state index contributed by atoms with van der Waals surface area (Å²) in [5, 5.41) is 23.6. The molecule has 1 saturated heterocycles. The number of imidazole rings is 1. The first-order valence-corrected chi connectivity index (χ1v) is 8.95. The molecule has 27 heavy (non-hydrogen) atoms. The van der Waals surface area contributed by atoms with Gasteiger partial charge in [-0.15, -0.1) is 0 Å². The van der Waals surface area contributed by atoms with Crippen LogP contribution in [0.15, 0.2) is 30.9 Å². The van der Waals surface area contributed by atoms with Gasteiger partial charge in [0, 0.05) is 6.54 Å². The van der Waals surface area contributed by atoms with E-state index in [1.165, 1.54) is 23.0 Å². The van der Waals surface area contributed by atoms with Gasteiger partial charge in [0.2, 0.25) is 0 Å². The maximum absolute atomic E-state index is 10.3. The average molecular weight is 369 g/mol. The summed E-state index contributed by atoms with van der Waals surface area (Å²) >= 11 is 0. The quantitative estimate of drug-likeness (QED) is 0.643. The summed E-state index contributed by atoms with van der Waals surface area (Å²) < 4.78 is 7.32. The molecular weight excluding hydrogens is 346 g/mol. The molecule has 0 aliphatic carbocycles. The number of aliphatic hydroxyl groups excluding tert-OH is 2. The molecule has 1 aliphatic heterocycles. The molecule has 3 heterocycles. The number of fused-ring (bicyclic) bond motifs is 1. The van der Waals surface area contributed by atoms with Gasteiger partial charge in [0.1, 0.15) is 18.5 Å². The van der Waals surface area contributed by atoms with E-state index in [9.17, 15) is 10.2 Å². The van der Waals surface area contributed by atoms with Gasteiger partial charge in [0.05, 0.1) is 12.4 Å². The minimum atomic E-state index is -1.04. The maximum atomic E-state index is 10.3. The fourth-order valence-electron chi connectivity index (χ4n) is 3.52. The van der Waals surface area contributed by atoms with E-state index in [-0.39, 0.29) is 0 Å². The molecule has 1 aromatic carbocycles. The molecule has 0 radical (unpaired) electrons. The van der Waals surface area contributed by atoms with E-state index < -0.39 is 24.5 Å². The van der Waals surface area contributed by atoms with Crippen molar-refractivity contribution in [3.05, 3.63) is 47.5 Å². The Balaban J connectivity index is 1.63. The Morgan fingerprint density at radius 2 is 1.85 bits per heavy atom. The van der Waals surface area contributed by atoms with Crippen molar-refractivity contribution >= 4 is 17.0 Å². The lowest BCUT2D eigenvalue weighted by molar-refractivity contribution is -0.0299. The average Bonchev–Trinajstić information content (AvgIpc) is 3.18. The second-order valence-corrected chi connectivity index (χ2v) is 6.98. The number of aromatic nitrogens is 4. The van der Waals surface area contributed by atoms with E-state index in [2.05, 4.69) is 46.2 Å². The summed E-state index contributed by atoms with van der Waals surface area (Å²) in [6, 6.07) is 6.21. The van der Waals surface area contributed by atoms with E-state index in [1.807, 2.05) is 6.07 Å². The van der Waals surface area contributed by atoms with E-state index in [4.69, 9.17) is 4.74 Å². The van der Waals surface area contributed by atoms with Gasteiger partial charge in [-0.3, -0.25) is 4.57 Å². The Kier molecular flexibility index (Phi) is 4.55. The third kappa shape index (κ3) is 3.05. The SMILES string of the molecule is Cc1cccc(C)c1CNc1ncnc2c1ncn2[C@@H]1O[C@H](C)[C@@H](O)[C@H]1O. The molecular formula is C19H23N5O3. The summed E-state index contributed by atoms with van der Waals surface area (Å²) in [5.74, 6) is 0.613. The lowest BCUT2D eigenvalue weighted by atomic mass is 10.0. The fraction of sp³-hybridized carbons (Fsp3) is 0.421.